The van der Waals surface area contributed by atoms with Crippen LogP contribution in [0.1, 0.15) is 31.7 Å². The number of hydrogen-bond donors (Lipinski definition) is 2. The van der Waals surface area contributed by atoms with Gasteiger partial charge in [-0.3, -0.25) is 19.3 Å². The molecule has 4 rings (SSSR count). The summed E-state index contributed by atoms with van der Waals surface area (Å²) in [6.07, 6.45) is 0.672. The van der Waals surface area contributed by atoms with Crippen molar-refractivity contribution in [3.8, 4) is 0 Å². The minimum absolute atomic E-state index is 0.0972. The van der Waals surface area contributed by atoms with Gasteiger partial charge in [-0.15, -0.1) is 11.3 Å². The van der Waals surface area contributed by atoms with Crippen molar-refractivity contribution in [3.05, 3.63) is 57.5 Å². The Hall–Kier alpha value is -3.05. The summed E-state index contributed by atoms with van der Waals surface area (Å²) in [6.45, 7) is 3.94. The summed E-state index contributed by atoms with van der Waals surface area (Å²) in [6, 6.07) is 7.51. The number of rotatable bonds is 6. The smallest absolute Gasteiger partial charge is 0.268 e. The molecule has 0 saturated carbocycles. The van der Waals surface area contributed by atoms with E-state index in [1.165, 1.54) is 22.3 Å². The molecule has 9 nitrogen and oxygen atoms in total. The number of aromatic nitrogens is 2. The summed E-state index contributed by atoms with van der Waals surface area (Å²) in [5, 5.41) is 1.79. The maximum atomic E-state index is 13.3. The molecule has 0 saturated heterocycles. The number of amides is 1. The minimum atomic E-state index is -3.70. The van der Waals surface area contributed by atoms with Gasteiger partial charge in [0.05, 0.1) is 17.0 Å². The third-order valence-corrected chi connectivity index (χ3v) is 7.79. The predicted molar refractivity (Wildman–Crippen MR) is 123 cm³/mol. The molecule has 3 heterocycles. The lowest BCUT2D eigenvalue weighted by atomic mass is 9.98. The van der Waals surface area contributed by atoms with Crippen LogP contribution in [0.15, 0.2) is 50.4 Å². The van der Waals surface area contributed by atoms with Gasteiger partial charge in [0.15, 0.2) is 0 Å². The fourth-order valence-corrected chi connectivity index (χ4v) is 5.51. The van der Waals surface area contributed by atoms with Crippen molar-refractivity contribution in [1.82, 2.24) is 19.6 Å². The number of nitrogens with one attached hydrogen (secondary N) is 2. The number of fused-ring (bicyclic) bond motifs is 2. The van der Waals surface area contributed by atoms with Crippen molar-refractivity contribution in [2.24, 2.45) is 10.9 Å². The first-order chi connectivity index (χ1) is 15.2. The molecule has 32 heavy (non-hydrogen) atoms. The number of aromatic amines is 1. The molecule has 0 aliphatic carbocycles. The van der Waals surface area contributed by atoms with E-state index in [0.717, 1.165) is 0 Å². The lowest BCUT2D eigenvalue weighted by Crippen LogP contribution is -2.40. The van der Waals surface area contributed by atoms with Gasteiger partial charge in [0, 0.05) is 12.6 Å². The van der Waals surface area contributed by atoms with Crippen LogP contribution in [0.5, 0.6) is 0 Å². The Morgan fingerprint density at radius 3 is 2.78 bits per heavy atom. The van der Waals surface area contributed by atoms with Gasteiger partial charge in [0.1, 0.15) is 22.4 Å². The van der Waals surface area contributed by atoms with E-state index in [1.54, 1.807) is 36.7 Å². The molecule has 0 bridgehead atoms. The number of nitrogens with zero attached hydrogens (tertiary/aromatic N) is 3. The van der Waals surface area contributed by atoms with E-state index in [0.29, 0.717) is 28.0 Å². The Bertz CT molecular complexity index is 1380. The second-order valence-electron chi connectivity index (χ2n) is 7.75. The molecule has 0 radical (unpaired) electrons. The van der Waals surface area contributed by atoms with E-state index in [2.05, 4.69) is 19.7 Å². The van der Waals surface area contributed by atoms with E-state index in [9.17, 15) is 18.0 Å². The SMILES string of the molecule is CC[C@H](C)[C@H](N=C1NS(=O)(=O)c2ccccc21)C(=O)N(C)Cc1nc2ccsc2c(=O)[nH]1. The summed E-state index contributed by atoms with van der Waals surface area (Å²) in [5.41, 5.74) is 0.798. The number of hydrogen-bond acceptors (Lipinski definition) is 7. The zero-order chi connectivity index (χ0) is 23.0. The highest BCUT2D eigenvalue weighted by Crippen LogP contribution is 2.24. The first-order valence-electron chi connectivity index (χ1n) is 10.1. The van der Waals surface area contributed by atoms with Crippen LogP contribution in [-0.2, 0) is 21.4 Å². The van der Waals surface area contributed by atoms with Gasteiger partial charge in [-0.25, -0.2) is 13.4 Å². The van der Waals surface area contributed by atoms with Gasteiger partial charge < -0.3 is 9.88 Å². The second kappa shape index (κ2) is 8.47. The third kappa shape index (κ3) is 4.05. The van der Waals surface area contributed by atoms with Crippen LogP contribution >= 0.6 is 11.3 Å². The van der Waals surface area contributed by atoms with Crippen LogP contribution in [0, 0.1) is 5.92 Å². The maximum absolute atomic E-state index is 13.3. The fraction of sp³-hybridized carbons (Fsp3) is 0.333. The van der Waals surface area contributed by atoms with Crippen LogP contribution in [0.3, 0.4) is 0 Å². The number of aliphatic imine (C=N–C) groups is 1. The Morgan fingerprint density at radius 1 is 1.28 bits per heavy atom. The summed E-state index contributed by atoms with van der Waals surface area (Å²) < 4.78 is 27.8. The van der Waals surface area contributed by atoms with Gasteiger partial charge in [0.2, 0.25) is 5.91 Å². The molecule has 168 valence electrons. The van der Waals surface area contributed by atoms with Gasteiger partial charge in [-0.05, 0) is 29.5 Å². The molecule has 2 atom stereocenters. The van der Waals surface area contributed by atoms with Gasteiger partial charge in [-0.1, -0.05) is 32.4 Å². The second-order valence-corrected chi connectivity index (χ2v) is 10.3. The van der Waals surface area contributed by atoms with E-state index < -0.39 is 16.1 Å². The summed E-state index contributed by atoms with van der Waals surface area (Å²) in [5.74, 6) is 0.114. The molecule has 1 aliphatic rings. The zero-order valence-corrected chi connectivity index (χ0v) is 19.5. The topological polar surface area (TPSA) is 125 Å². The van der Waals surface area contributed by atoms with Crippen LogP contribution in [0.2, 0.25) is 0 Å². The molecule has 11 heteroatoms. The number of amidine groups is 1. The van der Waals surface area contributed by atoms with Gasteiger partial charge >= 0.3 is 0 Å². The summed E-state index contributed by atoms with van der Waals surface area (Å²) in [4.78, 5) is 38.9. The molecule has 3 aromatic rings. The molecular weight excluding hydrogens is 450 g/mol. The number of sulfonamides is 1. The molecule has 1 aliphatic heterocycles. The van der Waals surface area contributed by atoms with Crippen LogP contribution in [-0.4, -0.2) is 48.1 Å². The molecule has 0 spiro atoms. The molecule has 2 aromatic heterocycles. The highest BCUT2D eigenvalue weighted by atomic mass is 32.2. The molecular formula is C21H23N5O4S2. The average Bonchev–Trinajstić information content (AvgIpc) is 3.34. The van der Waals surface area contributed by atoms with Gasteiger partial charge in [0.25, 0.3) is 15.6 Å². The number of H-pyrrole nitrogens is 1. The molecule has 1 aromatic carbocycles. The average molecular weight is 474 g/mol. The quantitative estimate of drug-likeness (QED) is 0.567. The number of likely N-dealkylation sites (N-methyl/N-ethyl adjacent to an activating group) is 1. The van der Waals surface area contributed by atoms with E-state index >= 15 is 0 Å². The Morgan fingerprint density at radius 2 is 2.03 bits per heavy atom. The maximum Gasteiger partial charge on any atom is 0.268 e. The number of benzene rings is 1. The Labute approximate surface area is 189 Å². The minimum Gasteiger partial charge on any atom is -0.336 e. The summed E-state index contributed by atoms with van der Waals surface area (Å²) >= 11 is 1.31. The highest BCUT2D eigenvalue weighted by Gasteiger charge is 2.34. The third-order valence-electron chi connectivity index (χ3n) is 5.49. The van der Waals surface area contributed by atoms with Crippen molar-refractivity contribution in [2.45, 2.75) is 37.8 Å². The van der Waals surface area contributed by atoms with Crippen LogP contribution < -0.4 is 10.3 Å². The number of carbonyl (C=O) groups is 1. The highest BCUT2D eigenvalue weighted by molar-refractivity contribution is 7.90. The molecule has 0 unspecified atom stereocenters. The van der Waals surface area contributed by atoms with Crippen LogP contribution in [0.4, 0.5) is 0 Å². The van der Waals surface area contributed by atoms with Crippen molar-refractivity contribution < 1.29 is 13.2 Å². The Balaban J connectivity index is 1.64. The van der Waals surface area contributed by atoms with Crippen molar-refractivity contribution in [3.63, 3.8) is 0 Å². The van der Waals surface area contributed by atoms with Crippen molar-refractivity contribution in [1.29, 1.82) is 0 Å². The summed E-state index contributed by atoms with van der Waals surface area (Å²) in [7, 11) is -2.09. The number of carbonyl (C=O) groups excluding carboxylic acids is 1. The van der Waals surface area contributed by atoms with Crippen LogP contribution in [0.25, 0.3) is 10.2 Å². The number of thiophene rings is 1. The fourth-order valence-electron chi connectivity index (χ4n) is 3.54. The first kappa shape index (κ1) is 22.2. The van der Waals surface area contributed by atoms with Crippen molar-refractivity contribution >= 4 is 43.3 Å². The first-order valence-corrected chi connectivity index (χ1v) is 12.5. The van der Waals surface area contributed by atoms with Gasteiger partial charge in [-0.2, -0.15) is 0 Å². The van der Waals surface area contributed by atoms with Crippen molar-refractivity contribution in [2.75, 3.05) is 7.05 Å². The Kier molecular flexibility index (Phi) is 5.87. The largest absolute Gasteiger partial charge is 0.336 e. The predicted octanol–water partition coefficient (Wildman–Crippen LogP) is 2.10. The zero-order valence-electron chi connectivity index (χ0n) is 17.8. The monoisotopic (exact) mass is 473 g/mol. The van der Waals surface area contributed by atoms with E-state index in [4.69, 9.17) is 0 Å². The lowest BCUT2D eigenvalue weighted by molar-refractivity contribution is -0.133. The van der Waals surface area contributed by atoms with E-state index in [-0.39, 0.29) is 34.7 Å². The lowest BCUT2D eigenvalue weighted by Gasteiger charge is -2.25. The normalized spacial score (nSPS) is 17.7. The molecule has 0 fully saturated rings. The molecule has 2 N–H and O–H groups in total. The standard InChI is InChI=1S/C21H23N5O4S2/c1-4-12(2)17(24-19-13-7-5-6-8-15(13)32(29,30)25-19)21(28)26(3)11-16-22-14-9-10-31-18(14)20(27)23-16/h5-10,12,17H,4,11H2,1-3H3,(H,24,25)(H,22,23,27)/t12-,17-/m0/s1. The molecule has 1 amide bonds. The van der Waals surface area contributed by atoms with E-state index in [1.807, 2.05) is 13.8 Å².